The Bertz CT molecular complexity index is 876. The zero-order valence-corrected chi connectivity index (χ0v) is 14.6. The molecule has 2 rings (SSSR count). The van der Waals surface area contributed by atoms with Crippen molar-refractivity contribution in [1.29, 1.82) is 5.26 Å². The van der Waals surface area contributed by atoms with Crippen LogP contribution in [0.2, 0.25) is 0 Å². The number of sulfonamides is 1. The van der Waals surface area contributed by atoms with Gasteiger partial charge in [0.25, 0.3) is 15.9 Å². The van der Waals surface area contributed by atoms with Gasteiger partial charge in [-0.25, -0.2) is 8.42 Å². The van der Waals surface area contributed by atoms with Crippen LogP contribution in [0.3, 0.4) is 0 Å². The van der Waals surface area contributed by atoms with Gasteiger partial charge in [0.1, 0.15) is 5.75 Å². The molecule has 0 unspecified atom stereocenters. The van der Waals surface area contributed by atoms with Crippen molar-refractivity contribution < 1.29 is 17.9 Å². The Morgan fingerprint density at radius 1 is 1.21 bits per heavy atom. The zero-order chi connectivity index (χ0) is 17.6. The number of hydrogen-bond donors (Lipinski definition) is 2. The minimum absolute atomic E-state index is 0.00480. The summed E-state index contributed by atoms with van der Waals surface area (Å²) in [6.07, 6.45) is 0. The Kier molecular flexibility index (Phi) is 5.92. The first-order valence-electron chi connectivity index (χ1n) is 6.60. The number of nitrogens with zero attached hydrogens (tertiary/aromatic N) is 1. The number of nitriles is 1. The van der Waals surface area contributed by atoms with E-state index in [9.17, 15) is 13.2 Å². The number of hydrazine groups is 1. The highest BCUT2D eigenvalue weighted by molar-refractivity contribution is 9.10. The van der Waals surface area contributed by atoms with Crippen molar-refractivity contribution in [2.45, 2.75) is 4.90 Å². The molecule has 124 valence electrons. The van der Waals surface area contributed by atoms with Crippen molar-refractivity contribution in [2.24, 2.45) is 0 Å². The summed E-state index contributed by atoms with van der Waals surface area (Å²) in [7, 11) is -3.87. The van der Waals surface area contributed by atoms with E-state index in [1.165, 1.54) is 24.3 Å². The van der Waals surface area contributed by atoms with Gasteiger partial charge in [-0.15, -0.1) is 4.83 Å². The zero-order valence-electron chi connectivity index (χ0n) is 12.2. The molecule has 0 aliphatic rings. The molecule has 0 bridgehead atoms. The number of amides is 1. The molecule has 0 aromatic heterocycles. The van der Waals surface area contributed by atoms with Crippen LogP contribution < -0.4 is 15.0 Å². The van der Waals surface area contributed by atoms with E-state index in [2.05, 4.69) is 21.4 Å². The molecule has 7 nitrogen and oxygen atoms in total. The van der Waals surface area contributed by atoms with Crippen LogP contribution >= 0.6 is 15.9 Å². The summed E-state index contributed by atoms with van der Waals surface area (Å²) < 4.78 is 29.8. The smallest absolute Gasteiger partial charge is 0.272 e. The third-order valence-electron chi connectivity index (χ3n) is 2.78. The monoisotopic (exact) mass is 409 g/mol. The number of benzene rings is 2. The molecular formula is C15H12BrN3O4S. The second-order valence-corrected chi connectivity index (χ2v) is 7.13. The van der Waals surface area contributed by atoms with Crippen LogP contribution in [0.25, 0.3) is 0 Å². The average Bonchev–Trinajstić information content (AvgIpc) is 2.58. The van der Waals surface area contributed by atoms with Crippen LogP contribution in [0, 0.1) is 11.3 Å². The van der Waals surface area contributed by atoms with E-state index < -0.39 is 15.9 Å². The lowest BCUT2D eigenvalue weighted by Crippen LogP contribution is -2.43. The second kappa shape index (κ2) is 7.92. The van der Waals surface area contributed by atoms with Crippen molar-refractivity contribution in [3.63, 3.8) is 0 Å². The lowest BCUT2D eigenvalue weighted by atomic mass is 10.2. The molecule has 0 aliphatic carbocycles. The SMILES string of the molecule is N#Cc1ccc(OCC(=O)NNS(=O)(=O)c2cccc(Br)c2)cc1. The van der Waals surface area contributed by atoms with Crippen molar-refractivity contribution in [3.05, 3.63) is 58.6 Å². The minimum atomic E-state index is -3.87. The van der Waals surface area contributed by atoms with E-state index in [1.807, 2.05) is 10.9 Å². The Morgan fingerprint density at radius 2 is 1.92 bits per heavy atom. The van der Waals surface area contributed by atoms with Gasteiger partial charge in [-0.1, -0.05) is 22.0 Å². The van der Waals surface area contributed by atoms with Crippen LogP contribution in [0.15, 0.2) is 57.9 Å². The molecule has 0 heterocycles. The Balaban J connectivity index is 1.87. The van der Waals surface area contributed by atoms with Gasteiger partial charge in [-0.05, 0) is 42.5 Å². The average molecular weight is 410 g/mol. The van der Waals surface area contributed by atoms with E-state index in [-0.39, 0.29) is 11.5 Å². The van der Waals surface area contributed by atoms with Gasteiger partial charge in [-0.3, -0.25) is 10.2 Å². The predicted octanol–water partition coefficient (Wildman–Crippen LogP) is 1.71. The molecule has 2 aromatic rings. The summed E-state index contributed by atoms with van der Waals surface area (Å²) in [6, 6.07) is 14.2. The van der Waals surface area contributed by atoms with E-state index in [1.54, 1.807) is 24.3 Å². The number of ether oxygens (including phenoxy) is 1. The number of nitrogens with one attached hydrogen (secondary N) is 2. The van der Waals surface area contributed by atoms with Crippen LogP contribution in [0.4, 0.5) is 0 Å². The summed E-state index contributed by atoms with van der Waals surface area (Å²) in [5.74, 6) is -0.281. The lowest BCUT2D eigenvalue weighted by Gasteiger charge is -2.09. The fraction of sp³-hybridized carbons (Fsp3) is 0.0667. The molecule has 0 saturated heterocycles. The fourth-order valence-electron chi connectivity index (χ4n) is 1.63. The highest BCUT2D eigenvalue weighted by Gasteiger charge is 2.15. The molecule has 0 spiro atoms. The Hall–Kier alpha value is -2.41. The van der Waals surface area contributed by atoms with Crippen molar-refractivity contribution in [1.82, 2.24) is 10.3 Å². The highest BCUT2D eigenvalue weighted by atomic mass is 79.9. The fourth-order valence-corrected chi connectivity index (χ4v) is 3.08. The number of rotatable bonds is 6. The van der Waals surface area contributed by atoms with E-state index >= 15 is 0 Å². The largest absolute Gasteiger partial charge is 0.484 e. The topological polar surface area (TPSA) is 108 Å². The number of carbonyl (C=O) groups is 1. The Labute approximate surface area is 147 Å². The predicted molar refractivity (Wildman–Crippen MR) is 89.3 cm³/mol. The van der Waals surface area contributed by atoms with Crippen LogP contribution in [0.5, 0.6) is 5.75 Å². The van der Waals surface area contributed by atoms with Crippen LogP contribution in [-0.2, 0) is 14.8 Å². The minimum Gasteiger partial charge on any atom is -0.484 e. The lowest BCUT2D eigenvalue weighted by molar-refractivity contribution is -0.123. The van der Waals surface area contributed by atoms with Gasteiger partial charge in [-0.2, -0.15) is 5.26 Å². The molecule has 1 amide bonds. The summed E-state index contributed by atoms with van der Waals surface area (Å²) >= 11 is 3.18. The summed E-state index contributed by atoms with van der Waals surface area (Å²) in [5.41, 5.74) is 2.53. The van der Waals surface area contributed by atoms with E-state index in [4.69, 9.17) is 10.00 Å². The number of hydrogen-bond acceptors (Lipinski definition) is 5. The van der Waals surface area contributed by atoms with Gasteiger partial charge in [0.2, 0.25) is 0 Å². The highest BCUT2D eigenvalue weighted by Crippen LogP contribution is 2.15. The standard InChI is InChI=1S/C15H12BrN3O4S/c16-12-2-1-3-14(8-12)24(21,22)19-18-15(20)10-23-13-6-4-11(9-17)5-7-13/h1-8,19H,10H2,(H,18,20). The first kappa shape index (κ1) is 17.9. The molecular weight excluding hydrogens is 398 g/mol. The quantitative estimate of drug-likeness (QED) is 0.705. The van der Waals surface area contributed by atoms with Crippen LogP contribution in [0.1, 0.15) is 5.56 Å². The van der Waals surface area contributed by atoms with Gasteiger partial charge in [0.05, 0.1) is 16.5 Å². The summed E-state index contributed by atoms with van der Waals surface area (Å²) in [4.78, 5) is 13.7. The van der Waals surface area contributed by atoms with Gasteiger partial charge in [0, 0.05) is 4.47 Å². The molecule has 0 radical (unpaired) electrons. The molecule has 9 heteroatoms. The summed E-state index contributed by atoms with van der Waals surface area (Å²) in [5, 5.41) is 8.68. The van der Waals surface area contributed by atoms with Gasteiger partial charge < -0.3 is 4.74 Å². The molecule has 0 fully saturated rings. The second-order valence-electron chi connectivity index (χ2n) is 4.54. The molecule has 2 N–H and O–H groups in total. The third-order valence-corrected chi connectivity index (χ3v) is 4.52. The maximum absolute atomic E-state index is 12.0. The third kappa shape index (κ3) is 5.06. The van der Waals surface area contributed by atoms with Crippen molar-refractivity contribution in [2.75, 3.05) is 6.61 Å². The van der Waals surface area contributed by atoms with Crippen molar-refractivity contribution in [3.8, 4) is 11.8 Å². The first-order chi connectivity index (χ1) is 11.4. The molecule has 24 heavy (non-hydrogen) atoms. The first-order valence-corrected chi connectivity index (χ1v) is 8.87. The van der Waals surface area contributed by atoms with Gasteiger partial charge >= 0.3 is 0 Å². The molecule has 0 atom stereocenters. The number of halogens is 1. The molecule has 2 aromatic carbocycles. The number of carbonyl (C=O) groups excluding carboxylic acids is 1. The van der Waals surface area contributed by atoms with E-state index in [0.717, 1.165) is 0 Å². The summed E-state index contributed by atoms with van der Waals surface area (Å²) in [6.45, 7) is -0.382. The molecule has 0 saturated carbocycles. The molecule has 0 aliphatic heterocycles. The van der Waals surface area contributed by atoms with E-state index in [0.29, 0.717) is 15.8 Å². The van der Waals surface area contributed by atoms with Crippen molar-refractivity contribution >= 4 is 31.9 Å². The van der Waals surface area contributed by atoms with Gasteiger partial charge in [0.15, 0.2) is 6.61 Å². The maximum atomic E-state index is 12.0. The normalized spacial score (nSPS) is 10.7. The van der Waals surface area contributed by atoms with Crippen LogP contribution in [-0.4, -0.2) is 20.9 Å². The Morgan fingerprint density at radius 3 is 2.54 bits per heavy atom. The maximum Gasteiger partial charge on any atom is 0.272 e.